The number of hydrogen-bond donors (Lipinski definition) is 0. The molecule has 0 spiro atoms. The number of aromatic nitrogens is 1. The second-order valence-electron chi connectivity index (χ2n) is 1.54. The molecule has 0 N–H and O–H groups in total. The molecular weight excluding hydrogens is 130 g/mol. The first kappa shape index (κ1) is 6.62. The van der Waals surface area contributed by atoms with Crippen LogP contribution in [0.5, 0.6) is 0 Å². The first-order valence-corrected chi connectivity index (χ1v) is 3.66. The van der Waals surface area contributed by atoms with Crippen LogP contribution in [-0.4, -0.2) is 4.98 Å². The maximum absolute atomic E-state index is 3.90. The summed E-state index contributed by atoms with van der Waals surface area (Å²) in [5.74, 6) is 2.05. The molecule has 0 atom stereocenters. The van der Waals surface area contributed by atoms with E-state index in [0.717, 1.165) is 0 Å². The van der Waals surface area contributed by atoms with Crippen LogP contribution in [0, 0.1) is 5.75 Å². The van der Waals surface area contributed by atoms with Gasteiger partial charge < -0.3 is 0 Å². The van der Waals surface area contributed by atoms with E-state index in [1.165, 1.54) is 4.90 Å². The zero-order valence-electron chi connectivity index (χ0n) is 5.24. The molecule has 1 aromatic heterocycles. The van der Waals surface area contributed by atoms with E-state index in [9.17, 15) is 0 Å². The molecule has 0 unspecified atom stereocenters. The molecule has 9 heavy (non-hydrogen) atoms. The van der Waals surface area contributed by atoms with Crippen molar-refractivity contribution in [3.63, 3.8) is 0 Å². The fourth-order valence-electron chi connectivity index (χ4n) is 0.553. The molecule has 0 amide bonds. The summed E-state index contributed by atoms with van der Waals surface area (Å²) in [7, 11) is 0. The summed E-state index contributed by atoms with van der Waals surface area (Å²) in [6, 6.07) is 3.98. The third kappa shape index (κ3) is 2.06. The molecule has 0 aromatic carbocycles. The average Bonchev–Trinajstić information content (AvgIpc) is 1.91. The average molecular weight is 138 g/mol. The molecule has 0 aliphatic rings. The van der Waals surface area contributed by atoms with Gasteiger partial charge in [-0.2, -0.15) is 0 Å². The van der Waals surface area contributed by atoms with E-state index < -0.39 is 0 Å². The van der Waals surface area contributed by atoms with Gasteiger partial charge in [-0.05, 0) is 12.1 Å². The molecule has 0 bridgehead atoms. The summed E-state index contributed by atoms with van der Waals surface area (Å²) >= 11 is 1.71. The Morgan fingerprint density at radius 2 is 2.11 bits per heavy atom. The van der Waals surface area contributed by atoms with E-state index >= 15 is 0 Å². The van der Waals surface area contributed by atoms with Crippen LogP contribution in [0.3, 0.4) is 0 Å². The van der Waals surface area contributed by atoms with Gasteiger partial charge in [0.05, 0.1) is 0 Å². The number of rotatable bonds is 2. The SMILES string of the molecule is C[CH]Sc1ccncc1. The van der Waals surface area contributed by atoms with Gasteiger partial charge in [0.25, 0.3) is 0 Å². The van der Waals surface area contributed by atoms with Crippen LogP contribution in [0.2, 0.25) is 0 Å². The largest absolute Gasteiger partial charge is 0.265 e. The van der Waals surface area contributed by atoms with Crippen LogP contribution in [0.25, 0.3) is 0 Å². The van der Waals surface area contributed by atoms with Crippen molar-refractivity contribution >= 4 is 11.8 Å². The summed E-state index contributed by atoms with van der Waals surface area (Å²) in [5.41, 5.74) is 0. The van der Waals surface area contributed by atoms with Crippen LogP contribution in [-0.2, 0) is 0 Å². The van der Waals surface area contributed by atoms with Crippen molar-refractivity contribution in [2.24, 2.45) is 0 Å². The standard InChI is InChI=1S/C7H8NS/c1-2-9-7-3-5-8-6-4-7/h2-6H,1H3. The molecule has 1 nitrogen and oxygen atoms in total. The lowest BCUT2D eigenvalue weighted by Gasteiger charge is -1.92. The predicted molar refractivity (Wildman–Crippen MR) is 40.1 cm³/mol. The highest BCUT2D eigenvalue weighted by atomic mass is 32.2. The highest BCUT2D eigenvalue weighted by Crippen LogP contribution is 2.17. The first-order valence-electron chi connectivity index (χ1n) is 2.78. The Kier molecular flexibility index (Phi) is 2.58. The molecule has 1 aromatic rings. The van der Waals surface area contributed by atoms with Gasteiger partial charge in [-0.25, -0.2) is 0 Å². The van der Waals surface area contributed by atoms with Crippen molar-refractivity contribution in [1.82, 2.24) is 4.98 Å². The van der Waals surface area contributed by atoms with Gasteiger partial charge in [0, 0.05) is 23.0 Å². The Morgan fingerprint density at radius 1 is 1.44 bits per heavy atom. The molecule has 47 valence electrons. The minimum Gasteiger partial charge on any atom is -0.265 e. The fraction of sp³-hybridized carbons (Fsp3) is 0.143. The number of pyridine rings is 1. The van der Waals surface area contributed by atoms with Crippen molar-refractivity contribution in [3.05, 3.63) is 30.3 Å². The maximum atomic E-state index is 3.90. The van der Waals surface area contributed by atoms with Crippen LogP contribution in [0.4, 0.5) is 0 Å². The summed E-state index contributed by atoms with van der Waals surface area (Å²) in [6.07, 6.45) is 3.59. The number of nitrogens with zero attached hydrogens (tertiary/aromatic N) is 1. The van der Waals surface area contributed by atoms with Crippen molar-refractivity contribution in [2.75, 3.05) is 0 Å². The highest BCUT2D eigenvalue weighted by molar-refractivity contribution is 8.01. The molecule has 0 aliphatic carbocycles. The Bertz CT molecular complexity index is 162. The molecule has 0 saturated carbocycles. The number of thioether (sulfide) groups is 1. The first-order chi connectivity index (χ1) is 4.43. The van der Waals surface area contributed by atoms with Crippen molar-refractivity contribution in [1.29, 1.82) is 0 Å². The molecular formula is C7H8NS. The summed E-state index contributed by atoms with van der Waals surface area (Å²) in [5, 5.41) is 0. The summed E-state index contributed by atoms with van der Waals surface area (Å²) < 4.78 is 0. The van der Waals surface area contributed by atoms with Gasteiger partial charge in [-0.1, -0.05) is 6.92 Å². The minimum absolute atomic E-state index is 1.24. The van der Waals surface area contributed by atoms with Crippen LogP contribution in [0.1, 0.15) is 6.92 Å². The minimum atomic E-state index is 1.24. The third-order valence-electron chi connectivity index (χ3n) is 0.904. The van der Waals surface area contributed by atoms with E-state index in [2.05, 4.69) is 10.7 Å². The van der Waals surface area contributed by atoms with Gasteiger partial charge in [0.2, 0.25) is 0 Å². The lowest BCUT2D eigenvalue weighted by Crippen LogP contribution is -1.69. The Hall–Kier alpha value is -0.500. The monoisotopic (exact) mass is 138 g/mol. The highest BCUT2D eigenvalue weighted by Gasteiger charge is 1.85. The van der Waals surface area contributed by atoms with Crippen LogP contribution >= 0.6 is 11.8 Å². The zero-order valence-corrected chi connectivity index (χ0v) is 6.06. The fourth-order valence-corrected chi connectivity index (χ4v) is 1.10. The quantitative estimate of drug-likeness (QED) is 0.582. The van der Waals surface area contributed by atoms with Crippen LogP contribution in [0.15, 0.2) is 29.4 Å². The van der Waals surface area contributed by atoms with Gasteiger partial charge in [-0.15, -0.1) is 11.8 Å². The van der Waals surface area contributed by atoms with Crippen LogP contribution < -0.4 is 0 Å². The van der Waals surface area contributed by atoms with Crippen molar-refractivity contribution in [2.45, 2.75) is 11.8 Å². The van der Waals surface area contributed by atoms with Crippen molar-refractivity contribution in [3.8, 4) is 0 Å². The van der Waals surface area contributed by atoms with E-state index in [0.29, 0.717) is 0 Å². The van der Waals surface area contributed by atoms with E-state index in [1.807, 2.05) is 19.1 Å². The van der Waals surface area contributed by atoms with E-state index in [4.69, 9.17) is 0 Å². The Labute approximate surface area is 59.5 Å². The summed E-state index contributed by atoms with van der Waals surface area (Å²) in [4.78, 5) is 5.14. The normalized spacial score (nSPS) is 9.44. The molecule has 0 fully saturated rings. The molecule has 0 saturated heterocycles. The number of hydrogen-bond acceptors (Lipinski definition) is 2. The summed E-state index contributed by atoms with van der Waals surface area (Å²) in [6.45, 7) is 2.02. The molecule has 1 rings (SSSR count). The Morgan fingerprint density at radius 3 is 2.67 bits per heavy atom. The molecule has 0 aliphatic heterocycles. The molecule has 2 heteroatoms. The third-order valence-corrected chi connectivity index (χ3v) is 1.68. The van der Waals surface area contributed by atoms with Gasteiger partial charge in [-0.3, -0.25) is 4.98 Å². The maximum Gasteiger partial charge on any atom is 0.0278 e. The van der Waals surface area contributed by atoms with Crippen molar-refractivity contribution < 1.29 is 0 Å². The second-order valence-corrected chi connectivity index (χ2v) is 2.71. The van der Waals surface area contributed by atoms with Gasteiger partial charge in [0.15, 0.2) is 0 Å². The predicted octanol–water partition coefficient (Wildman–Crippen LogP) is 2.36. The molecule has 1 heterocycles. The topological polar surface area (TPSA) is 12.9 Å². The lowest BCUT2D eigenvalue weighted by molar-refractivity contribution is 1.26. The van der Waals surface area contributed by atoms with Gasteiger partial charge in [0.1, 0.15) is 0 Å². The van der Waals surface area contributed by atoms with E-state index in [-0.39, 0.29) is 0 Å². The smallest absolute Gasteiger partial charge is 0.0278 e. The zero-order chi connectivity index (χ0) is 6.53. The Balaban J connectivity index is 2.61. The lowest BCUT2D eigenvalue weighted by atomic mass is 10.5. The van der Waals surface area contributed by atoms with E-state index in [1.54, 1.807) is 24.2 Å². The molecule has 1 radical (unpaired) electrons. The second kappa shape index (κ2) is 3.51. The van der Waals surface area contributed by atoms with Gasteiger partial charge >= 0.3 is 0 Å².